The Bertz CT molecular complexity index is 955. The molecule has 1 N–H and O–H groups in total. The summed E-state index contributed by atoms with van der Waals surface area (Å²) in [6.07, 6.45) is 1.23. The first-order valence-electron chi connectivity index (χ1n) is 10.8. The molecule has 0 aliphatic carbocycles. The zero-order valence-electron chi connectivity index (χ0n) is 17.9. The van der Waals surface area contributed by atoms with Gasteiger partial charge in [0.05, 0.1) is 12.2 Å². The molecule has 0 radical (unpaired) electrons. The maximum absolute atomic E-state index is 13.2. The summed E-state index contributed by atoms with van der Waals surface area (Å²) in [6.45, 7) is 6.11. The molecular formula is C24H28ClN3O3. The number of fused-ring (bicyclic) bond motifs is 1. The van der Waals surface area contributed by atoms with E-state index >= 15 is 0 Å². The lowest BCUT2D eigenvalue weighted by Crippen LogP contribution is -2.52. The molecule has 164 valence electrons. The fourth-order valence-corrected chi connectivity index (χ4v) is 4.30. The molecule has 2 aliphatic heterocycles. The lowest BCUT2D eigenvalue weighted by molar-refractivity contribution is -0.126. The van der Waals surface area contributed by atoms with E-state index in [1.165, 1.54) is 5.56 Å². The quantitative estimate of drug-likeness (QED) is 0.768. The van der Waals surface area contributed by atoms with Gasteiger partial charge in [0.2, 0.25) is 5.91 Å². The number of ether oxygens (including phenoxy) is 1. The van der Waals surface area contributed by atoms with Gasteiger partial charge in [0.1, 0.15) is 11.9 Å². The molecule has 4 rings (SSSR count). The molecule has 2 aromatic carbocycles. The topological polar surface area (TPSA) is 61.9 Å². The molecule has 6 nitrogen and oxygen atoms in total. The van der Waals surface area contributed by atoms with Crippen LogP contribution in [0.5, 0.6) is 5.75 Å². The van der Waals surface area contributed by atoms with E-state index in [9.17, 15) is 9.59 Å². The maximum atomic E-state index is 13.2. The van der Waals surface area contributed by atoms with E-state index in [0.717, 1.165) is 5.56 Å². The van der Waals surface area contributed by atoms with Crippen LogP contribution < -0.4 is 15.0 Å². The van der Waals surface area contributed by atoms with Crippen LogP contribution in [0.4, 0.5) is 10.5 Å². The third-order valence-electron chi connectivity index (χ3n) is 5.93. The zero-order chi connectivity index (χ0) is 22.0. The number of amides is 3. The predicted octanol–water partition coefficient (Wildman–Crippen LogP) is 4.38. The van der Waals surface area contributed by atoms with E-state index in [-0.39, 0.29) is 24.0 Å². The van der Waals surface area contributed by atoms with Crippen molar-refractivity contribution in [3.8, 4) is 5.75 Å². The minimum Gasteiger partial charge on any atom is -0.487 e. The second kappa shape index (κ2) is 9.18. The van der Waals surface area contributed by atoms with Crippen molar-refractivity contribution in [2.75, 3.05) is 24.5 Å². The maximum Gasteiger partial charge on any atom is 0.324 e. The van der Waals surface area contributed by atoms with Gasteiger partial charge < -0.3 is 15.0 Å². The molecule has 0 saturated carbocycles. The molecule has 1 saturated heterocycles. The first-order valence-corrected chi connectivity index (χ1v) is 11.1. The Labute approximate surface area is 188 Å². The largest absolute Gasteiger partial charge is 0.487 e. The van der Waals surface area contributed by atoms with Crippen molar-refractivity contribution in [2.24, 2.45) is 5.92 Å². The van der Waals surface area contributed by atoms with Crippen molar-refractivity contribution in [1.29, 1.82) is 0 Å². The van der Waals surface area contributed by atoms with E-state index in [1.54, 1.807) is 23.1 Å². The Morgan fingerprint density at radius 3 is 2.55 bits per heavy atom. The number of carbonyl (C=O) groups excluding carboxylic acids is 2. The average Bonchev–Trinajstić information content (AvgIpc) is 2.78. The van der Waals surface area contributed by atoms with Gasteiger partial charge in [-0.25, -0.2) is 4.79 Å². The number of halogens is 1. The number of benzene rings is 2. The average molecular weight is 442 g/mol. The summed E-state index contributed by atoms with van der Waals surface area (Å²) in [6, 6.07) is 13.4. The minimum absolute atomic E-state index is 0.0582. The van der Waals surface area contributed by atoms with Gasteiger partial charge in [0.25, 0.3) is 0 Å². The molecule has 3 amide bonds. The number of likely N-dealkylation sites (tertiary alicyclic amines) is 1. The predicted molar refractivity (Wildman–Crippen MR) is 122 cm³/mol. The summed E-state index contributed by atoms with van der Waals surface area (Å²) in [5.41, 5.74) is 2.99. The lowest BCUT2D eigenvalue weighted by atomic mass is 9.96. The van der Waals surface area contributed by atoms with E-state index < -0.39 is 0 Å². The van der Waals surface area contributed by atoms with Crippen molar-refractivity contribution in [2.45, 2.75) is 39.3 Å². The fourth-order valence-electron chi connectivity index (χ4n) is 4.13. The second-order valence-corrected chi connectivity index (χ2v) is 8.83. The summed E-state index contributed by atoms with van der Waals surface area (Å²) in [5, 5.41) is 3.60. The Hall–Kier alpha value is -2.73. The van der Waals surface area contributed by atoms with Crippen LogP contribution in [0.25, 0.3) is 0 Å². The molecule has 31 heavy (non-hydrogen) atoms. The highest BCUT2D eigenvalue weighted by Crippen LogP contribution is 2.36. The Balaban J connectivity index is 1.33. The number of hydrogen-bond acceptors (Lipinski definition) is 3. The normalized spacial score (nSPS) is 18.9. The SMILES string of the molecule is Cc1ccc(CNC(=O)C2CCN(C(=O)N3C[C@@H](C)Oc4ccc(Cl)cc43)CC2)cc1. The number of anilines is 1. The lowest BCUT2D eigenvalue weighted by Gasteiger charge is -2.39. The summed E-state index contributed by atoms with van der Waals surface area (Å²) in [7, 11) is 0. The van der Waals surface area contributed by atoms with Crippen LogP contribution in [-0.4, -0.2) is 42.6 Å². The van der Waals surface area contributed by atoms with E-state index in [0.29, 0.717) is 55.5 Å². The summed E-state index contributed by atoms with van der Waals surface area (Å²) >= 11 is 6.15. The Kier molecular flexibility index (Phi) is 6.37. The number of carbonyl (C=O) groups is 2. The molecule has 2 heterocycles. The van der Waals surface area contributed by atoms with Crippen molar-refractivity contribution in [1.82, 2.24) is 10.2 Å². The highest BCUT2D eigenvalue weighted by Gasteiger charge is 2.34. The molecular weight excluding hydrogens is 414 g/mol. The van der Waals surface area contributed by atoms with Crippen molar-refractivity contribution >= 4 is 29.2 Å². The first kappa shape index (κ1) is 21.5. The van der Waals surface area contributed by atoms with Gasteiger partial charge in [0, 0.05) is 30.6 Å². The number of nitrogens with zero attached hydrogens (tertiary/aromatic N) is 2. The number of hydrogen-bond donors (Lipinski definition) is 1. The highest BCUT2D eigenvalue weighted by molar-refractivity contribution is 6.31. The van der Waals surface area contributed by atoms with Gasteiger partial charge >= 0.3 is 6.03 Å². The number of rotatable bonds is 3. The zero-order valence-corrected chi connectivity index (χ0v) is 18.7. The monoisotopic (exact) mass is 441 g/mol. The van der Waals surface area contributed by atoms with Crippen LogP contribution >= 0.6 is 11.6 Å². The number of urea groups is 1. The second-order valence-electron chi connectivity index (χ2n) is 8.40. The van der Waals surface area contributed by atoms with Gasteiger partial charge in [-0.05, 0) is 50.5 Å². The van der Waals surface area contributed by atoms with Crippen LogP contribution in [0.15, 0.2) is 42.5 Å². The van der Waals surface area contributed by atoms with E-state index in [1.807, 2.05) is 43.0 Å². The minimum atomic E-state index is -0.0947. The van der Waals surface area contributed by atoms with Crippen LogP contribution in [0, 0.1) is 12.8 Å². The van der Waals surface area contributed by atoms with Crippen LogP contribution in [0.3, 0.4) is 0 Å². The molecule has 0 unspecified atom stereocenters. The van der Waals surface area contributed by atoms with E-state index in [4.69, 9.17) is 16.3 Å². The highest BCUT2D eigenvalue weighted by atomic mass is 35.5. The Morgan fingerprint density at radius 2 is 1.84 bits per heavy atom. The van der Waals surface area contributed by atoms with Gasteiger partial charge in [0.15, 0.2) is 0 Å². The van der Waals surface area contributed by atoms with Crippen LogP contribution in [-0.2, 0) is 11.3 Å². The van der Waals surface area contributed by atoms with Crippen LogP contribution in [0.2, 0.25) is 5.02 Å². The molecule has 1 atom stereocenters. The third kappa shape index (κ3) is 4.96. The van der Waals surface area contributed by atoms with Crippen LogP contribution in [0.1, 0.15) is 30.9 Å². The molecule has 0 aromatic heterocycles. The molecule has 7 heteroatoms. The standard InChI is InChI=1S/C24H28ClN3O3/c1-16-3-5-18(6-4-16)14-26-23(29)19-9-11-27(12-10-19)24(30)28-15-17(2)31-22-8-7-20(25)13-21(22)28/h3-8,13,17,19H,9-12,14-15H2,1-2H3,(H,26,29)/t17-/m1/s1. The molecule has 0 spiro atoms. The van der Waals surface area contributed by atoms with Gasteiger partial charge in [-0.15, -0.1) is 0 Å². The first-order chi connectivity index (χ1) is 14.9. The van der Waals surface area contributed by atoms with Crippen molar-refractivity contribution < 1.29 is 14.3 Å². The van der Waals surface area contributed by atoms with Gasteiger partial charge in [-0.3, -0.25) is 9.69 Å². The summed E-state index contributed by atoms with van der Waals surface area (Å²) < 4.78 is 5.85. The molecule has 0 bridgehead atoms. The third-order valence-corrected chi connectivity index (χ3v) is 6.17. The number of piperidine rings is 1. The smallest absolute Gasteiger partial charge is 0.324 e. The van der Waals surface area contributed by atoms with E-state index in [2.05, 4.69) is 5.32 Å². The Morgan fingerprint density at radius 1 is 1.13 bits per heavy atom. The fraction of sp³-hybridized carbons (Fsp3) is 0.417. The summed E-state index contributed by atoms with van der Waals surface area (Å²) in [5.74, 6) is 0.659. The van der Waals surface area contributed by atoms with Crippen molar-refractivity contribution in [3.63, 3.8) is 0 Å². The summed E-state index contributed by atoms with van der Waals surface area (Å²) in [4.78, 5) is 29.4. The molecule has 2 aromatic rings. The van der Waals surface area contributed by atoms with Gasteiger partial charge in [-0.1, -0.05) is 41.4 Å². The number of aryl methyl sites for hydroxylation is 1. The molecule has 2 aliphatic rings. The van der Waals surface area contributed by atoms with Gasteiger partial charge in [-0.2, -0.15) is 0 Å². The number of nitrogens with one attached hydrogen (secondary N) is 1. The van der Waals surface area contributed by atoms with Crippen molar-refractivity contribution in [3.05, 3.63) is 58.6 Å². The molecule has 1 fully saturated rings.